The van der Waals surface area contributed by atoms with E-state index in [1.54, 1.807) is 60.5 Å². The summed E-state index contributed by atoms with van der Waals surface area (Å²) in [6.07, 6.45) is 0. The Kier molecular flexibility index (Phi) is 5.67. The number of hydrogen-bond acceptors (Lipinski definition) is 4. The lowest BCUT2D eigenvalue weighted by Crippen LogP contribution is -2.51. The summed E-state index contributed by atoms with van der Waals surface area (Å²) in [4.78, 5) is 14.3. The third kappa shape index (κ3) is 4.40. The fourth-order valence-electron chi connectivity index (χ4n) is 2.89. The number of nitrogens with one attached hydrogen (secondary N) is 1. The van der Waals surface area contributed by atoms with Crippen molar-refractivity contribution in [1.82, 2.24) is 9.21 Å². The van der Waals surface area contributed by atoms with Crippen LogP contribution in [0.5, 0.6) is 5.75 Å². The van der Waals surface area contributed by atoms with E-state index in [0.29, 0.717) is 24.5 Å². The van der Waals surface area contributed by atoms with Gasteiger partial charge in [0.15, 0.2) is 0 Å². The molecule has 0 spiro atoms. The number of rotatable bonds is 4. The highest BCUT2D eigenvalue weighted by Gasteiger charge is 2.30. The van der Waals surface area contributed by atoms with Gasteiger partial charge in [0.1, 0.15) is 5.75 Å². The number of urea groups is 1. The second kappa shape index (κ2) is 7.98. The second-order valence-electron chi connectivity index (χ2n) is 6.37. The average Bonchev–Trinajstić information content (AvgIpc) is 2.68. The SMILES string of the molecule is COc1cccc(NC(=O)N2CCN(S(=O)(=O)c3ccc(C)cc3)CC2)c1. The Hall–Kier alpha value is -2.58. The van der Waals surface area contributed by atoms with E-state index >= 15 is 0 Å². The predicted octanol–water partition coefficient (Wildman–Crippen LogP) is 2.54. The molecule has 0 unspecified atom stereocenters. The Morgan fingerprint density at radius 3 is 2.33 bits per heavy atom. The van der Waals surface area contributed by atoms with Gasteiger partial charge in [-0.1, -0.05) is 23.8 Å². The number of piperazine rings is 1. The first-order valence-electron chi connectivity index (χ1n) is 8.67. The molecule has 1 N–H and O–H groups in total. The molecule has 1 aliphatic rings. The zero-order valence-corrected chi connectivity index (χ0v) is 16.2. The molecule has 1 aliphatic heterocycles. The van der Waals surface area contributed by atoms with Gasteiger partial charge in [0.2, 0.25) is 10.0 Å². The number of nitrogens with zero attached hydrogens (tertiary/aromatic N) is 2. The minimum atomic E-state index is -3.54. The standard InChI is InChI=1S/C19H23N3O4S/c1-15-6-8-18(9-7-15)27(24,25)22-12-10-21(11-13-22)19(23)20-16-4-3-5-17(14-16)26-2/h3-9,14H,10-13H2,1-2H3,(H,20,23). The van der Waals surface area contributed by atoms with Crippen LogP contribution in [0.2, 0.25) is 0 Å². The number of anilines is 1. The van der Waals surface area contributed by atoms with E-state index in [2.05, 4.69) is 5.32 Å². The summed E-state index contributed by atoms with van der Waals surface area (Å²) in [6, 6.07) is 13.6. The second-order valence-corrected chi connectivity index (χ2v) is 8.30. The van der Waals surface area contributed by atoms with Crippen LogP contribution in [0.25, 0.3) is 0 Å². The molecule has 3 rings (SSSR count). The lowest BCUT2D eigenvalue weighted by atomic mass is 10.2. The summed E-state index contributed by atoms with van der Waals surface area (Å²) in [5.41, 5.74) is 1.64. The maximum Gasteiger partial charge on any atom is 0.321 e. The van der Waals surface area contributed by atoms with Crippen molar-refractivity contribution in [3.8, 4) is 5.75 Å². The fourth-order valence-corrected chi connectivity index (χ4v) is 4.32. The molecule has 0 aliphatic carbocycles. The molecule has 144 valence electrons. The maximum atomic E-state index is 12.7. The lowest BCUT2D eigenvalue weighted by molar-refractivity contribution is 0.184. The molecule has 27 heavy (non-hydrogen) atoms. The van der Waals surface area contributed by atoms with Crippen molar-refractivity contribution in [2.45, 2.75) is 11.8 Å². The van der Waals surface area contributed by atoms with Crippen molar-refractivity contribution < 1.29 is 17.9 Å². The van der Waals surface area contributed by atoms with E-state index in [1.807, 2.05) is 6.92 Å². The zero-order valence-electron chi connectivity index (χ0n) is 15.4. The van der Waals surface area contributed by atoms with Crippen LogP contribution in [0.4, 0.5) is 10.5 Å². The topological polar surface area (TPSA) is 79.0 Å². The first kappa shape index (κ1) is 19.2. The van der Waals surface area contributed by atoms with Gasteiger partial charge in [-0.15, -0.1) is 0 Å². The van der Waals surface area contributed by atoms with Gasteiger partial charge in [-0.05, 0) is 31.2 Å². The quantitative estimate of drug-likeness (QED) is 0.872. The van der Waals surface area contributed by atoms with Crippen molar-refractivity contribution in [1.29, 1.82) is 0 Å². The molecule has 2 aromatic rings. The highest BCUT2D eigenvalue weighted by atomic mass is 32.2. The van der Waals surface area contributed by atoms with Crippen LogP contribution < -0.4 is 10.1 Å². The van der Waals surface area contributed by atoms with Gasteiger partial charge in [-0.2, -0.15) is 4.31 Å². The number of aryl methyl sites for hydroxylation is 1. The third-order valence-electron chi connectivity index (χ3n) is 4.51. The van der Waals surface area contributed by atoms with Crippen LogP contribution in [0.1, 0.15) is 5.56 Å². The van der Waals surface area contributed by atoms with Crippen LogP contribution in [-0.4, -0.2) is 56.9 Å². The smallest absolute Gasteiger partial charge is 0.321 e. The molecule has 1 saturated heterocycles. The van der Waals surface area contributed by atoms with E-state index in [4.69, 9.17) is 4.74 Å². The molecular weight excluding hydrogens is 366 g/mol. The van der Waals surface area contributed by atoms with Gasteiger partial charge in [-0.3, -0.25) is 0 Å². The van der Waals surface area contributed by atoms with Gasteiger partial charge in [0, 0.05) is 37.9 Å². The monoisotopic (exact) mass is 389 g/mol. The van der Waals surface area contributed by atoms with Crippen LogP contribution in [-0.2, 0) is 10.0 Å². The molecule has 2 aromatic carbocycles. The summed E-state index contributed by atoms with van der Waals surface area (Å²) in [5.74, 6) is 0.654. The molecule has 0 atom stereocenters. The number of sulfonamides is 1. The number of methoxy groups -OCH3 is 1. The van der Waals surface area contributed by atoms with Crippen LogP contribution >= 0.6 is 0 Å². The molecule has 0 radical (unpaired) electrons. The molecule has 0 saturated carbocycles. The lowest BCUT2D eigenvalue weighted by Gasteiger charge is -2.34. The third-order valence-corrected chi connectivity index (χ3v) is 6.42. The first-order valence-corrected chi connectivity index (χ1v) is 10.1. The minimum absolute atomic E-state index is 0.254. The zero-order chi connectivity index (χ0) is 19.4. The molecule has 0 bridgehead atoms. The fraction of sp³-hybridized carbons (Fsp3) is 0.316. The summed E-state index contributed by atoms with van der Waals surface area (Å²) in [5, 5.41) is 2.82. The van der Waals surface area contributed by atoms with Crippen LogP contribution in [0.15, 0.2) is 53.4 Å². The van der Waals surface area contributed by atoms with Crippen LogP contribution in [0, 0.1) is 6.92 Å². The number of ether oxygens (including phenoxy) is 1. The van der Waals surface area contributed by atoms with Gasteiger partial charge in [0.25, 0.3) is 0 Å². The summed E-state index contributed by atoms with van der Waals surface area (Å²) < 4.78 is 32.0. The highest BCUT2D eigenvalue weighted by molar-refractivity contribution is 7.89. The summed E-state index contributed by atoms with van der Waals surface area (Å²) >= 11 is 0. The van der Waals surface area contributed by atoms with Gasteiger partial charge in [-0.25, -0.2) is 13.2 Å². The summed E-state index contributed by atoms with van der Waals surface area (Å²) in [7, 11) is -1.97. The Balaban J connectivity index is 1.61. The molecule has 1 fully saturated rings. The van der Waals surface area contributed by atoms with Crippen molar-refractivity contribution in [2.75, 3.05) is 38.6 Å². The molecule has 7 nitrogen and oxygen atoms in total. The Morgan fingerprint density at radius 1 is 1.04 bits per heavy atom. The van der Waals surface area contributed by atoms with Gasteiger partial charge < -0.3 is 15.0 Å². The summed E-state index contributed by atoms with van der Waals surface area (Å²) in [6.45, 7) is 3.11. The predicted molar refractivity (Wildman–Crippen MR) is 104 cm³/mol. The van der Waals surface area contributed by atoms with Gasteiger partial charge >= 0.3 is 6.03 Å². The normalized spacial score (nSPS) is 15.4. The van der Waals surface area contributed by atoms with E-state index in [9.17, 15) is 13.2 Å². The van der Waals surface area contributed by atoms with Crippen molar-refractivity contribution in [3.63, 3.8) is 0 Å². The van der Waals surface area contributed by atoms with E-state index in [1.165, 1.54) is 4.31 Å². The highest BCUT2D eigenvalue weighted by Crippen LogP contribution is 2.20. The maximum absolute atomic E-state index is 12.7. The van der Waals surface area contributed by atoms with E-state index < -0.39 is 10.0 Å². The minimum Gasteiger partial charge on any atom is -0.497 e. The largest absolute Gasteiger partial charge is 0.497 e. The number of hydrogen-bond donors (Lipinski definition) is 1. The Labute approximate surface area is 159 Å². The van der Waals surface area contributed by atoms with Crippen molar-refractivity contribution >= 4 is 21.7 Å². The van der Waals surface area contributed by atoms with Gasteiger partial charge in [0.05, 0.1) is 12.0 Å². The molecule has 1 heterocycles. The van der Waals surface area contributed by atoms with E-state index in [0.717, 1.165) is 5.56 Å². The number of carbonyl (C=O) groups is 1. The molecule has 2 amide bonds. The molecule has 0 aromatic heterocycles. The van der Waals surface area contributed by atoms with Crippen LogP contribution in [0.3, 0.4) is 0 Å². The van der Waals surface area contributed by atoms with Crippen molar-refractivity contribution in [3.05, 3.63) is 54.1 Å². The molecular formula is C19H23N3O4S. The first-order chi connectivity index (χ1) is 12.9. The average molecular weight is 389 g/mol. The Bertz CT molecular complexity index is 905. The van der Waals surface area contributed by atoms with E-state index in [-0.39, 0.29) is 24.0 Å². The molecule has 8 heteroatoms. The number of benzene rings is 2. The Morgan fingerprint density at radius 2 is 1.70 bits per heavy atom. The number of carbonyl (C=O) groups excluding carboxylic acids is 1. The number of amides is 2. The van der Waals surface area contributed by atoms with Crippen molar-refractivity contribution in [2.24, 2.45) is 0 Å².